The summed E-state index contributed by atoms with van der Waals surface area (Å²) in [6.07, 6.45) is 3.78. The number of aryl methyl sites for hydroxylation is 1. The summed E-state index contributed by atoms with van der Waals surface area (Å²) in [5.41, 5.74) is 1.03. The summed E-state index contributed by atoms with van der Waals surface area (Å²) >= 11 is 0. The molecule has 18 heavy (non-hydrogen) atoms. The molecule has 0 aliphatic heterocycles. The molecule has 0 amide bonds. The van der Waals surface area contributed by atoms with Crippen molar-refractivity contribution < 1.29 is 9.47 Å². The molecule has 0 spiro atoms. The Morgan fingerprint density at radius 1 is 1.22 bits per heavy atom. The van der Waals surface area contributed by atoms with Gasteiger partial charge in [-0.05, 0) is 32.0 Å². The Morgan fingerprint density at radius 2 is 2.06 bits per heavy atom. The van der Waals surface area contributed by atoms with Gasteiger partial charge in [0.1, 0.15) is 5.82 Å². The lowest BCUT2D eigenvalue weighted by atomic mass is 10.2. The lowest BCUT2D eigenvalue weighted by molar-refractivity contribution is 0.311. The van der Waals surface area contributed by atoms with Gasteiger partial charge in [0.15, 0.2) is 11.5 Å². The van der Waals surface area contributed by atoms with E-state index in [0.717, 1.165) is 29.4 Å². The highest BCUT2D eigenvalue weighted by Gasteiger charge is 2.10. The largest absolute Gasteiger partial charge is 0.493 e. The Balaban J connectivity index is 2.43. The van der Waals surface area contributed by atoms with Crippen molar-refractivity contribution in [3.8, 4) is 22.9 Å². The number of ether oxygens (including phenoxy) is 2. The summed E-state index contributed by atoms with van der Waals surface area (Å²) in [6, 6.07) is 5.88. The first kappa shape index (κ1) is 12.5. The van der Waals surface area contributed by atoms with Crippen molar-refractivity contribution in [3.05, 3.63) is 30.6 Å². The molecular formula is C14H18N2O2. The fraction of sp³-hybridized carbons (Fsp3) is 0.357. The molecule has 0 saturated heterocycles. The van der Waals surface area contributed by atoms with Gasteiger partial charge in [-0.2, -0.15) is 0 Å². The smallest absolute Gasteiger partial charge is 0.161 e. The summed E-state index contributed by atoms with van der Waals surface area (Å²) in [5.74, 6) is 2.44. The molecule has 0 fully saturated rings. The second-order valence-corrected chi connectivity index (χ2v) is 3.84. The van der Waals surface area contributed by atoms with Crippen LogP contribution in [0, 0.1) is 0 Å². The number of methoxy groups -OCH3 is 1. The highest BCUT2D eigenvalue weighted by Crippen LogP contribution is 2.31. The molecule has 4 heteroatoms. The normalized spacial score (nSPS) is 10.4. The molecule has 0 bridgehead atoms. The van der Waals surface area contributed by atoms with Gasteiger partial charge in [0, 0.05) is 24.5 Å². The SMILES string of the molecule is CCOc1cc(-c2nccn2CC)ccc1OC. The van der Waals surface area contributed by atoms with Crippen LogP contribution in [0.5, 0.6) is 11.5 Å². The van der Waals surface area contributed by atoms with Crippen molar-refractivity contribution in [2.45, 2.75) is 20.4 Å². The van der Waals surface area contributed by atoms with Gasteiger partial charge in [-0.3, -0.25) is 0 Å². The minimum absolute atomic E-state index is 0.613. The van der Waals surface area contributed by atoms with E-state index in [1.807, 2.05) is 37.5 Å². The van der Waals surface area contributed by atoms with E-state index < -0.39 is 0 Å². The highest BCUT2D eigenvalue weighted by molar-refractivity contribution is 5.61. The molecule has 0 aliphatic carbocycles. The fourth-order valence-corrected chi connectivity index (χ4v) is 1.91. The van der Waals surface area contributed by atoms with Crippen LogP contribution in [0.15, 0.2) is 30.6 Å². The molecule has 0 saturated carbocycles. The van der Waals surface area contributed by atoms with E-state index in [2.05, 4.69) is 16.5 Å². The van der Waals surface area contributed by atoms with Crippen molar-refractivity contribution in [1.82, 2.24) is 9.55 Å². The Kier molecular flexibility index (Phi) is 3.87. The zero-order chi connectivity index (χ0) is 13.0. The van der Waals surface area contributed by atoms with Gasteiger partial charge in [0.25, 0.3) is 0 Å². The minimum atomic E-state index is 0.613. The Morgan fingerprint density at radius 3 is 2.72 bits per heavy atom. The predicted octanol–water partition coefficient (Wildman–Crippen LogP) is 2.98. The molecule has 4 nitrogen and oxygen atoms in total. The van der Waals surface area contributed by atoms with Gasteiger partial charge < -0.3 is 14.0 Å². The van der Waals surface area contributed by atoms with E-state index in [1.54, 1.807) is 7.11 Å². The molecule has 1 aromatic heterocycles. The van der Waals surface area contributed by atoms with E-state index in [4.69, 9.17) is 9.47 Å². The minimum Gasteiger partial charge on any atom is -0.493 e. The molecule has 0 aliphatic rings. The Bertz CT molecular complexity index is 520. The number of nitrogens with zero attached hydrogens (tertiary/aromatic N) is 2. The number of hydrogen-bond donors (Lipinski definition) is 0. The molecule has 96 valence electrons. The van der Waals surface area contributed by atoms with E-state index >= 15 is 0 Å². The van der Waals surface area contributed by atoms with Gasteiger partial charge >= 0.3 is 0 Å². The summed E-state index contributed by atoms with van der Waals surface area (Å²) in [4.78, 5) is 4.38. The van der Waals surface area contributed by atoms with Gasteiger partial charge in [0.05, 0.1) is 13.7 Å². The van der Waals surface area contributed by atoms with Crippen molar-refractivity contribution in [2.24, 2.45) is 0 Å². The average molecular weight is 246 g/mol. The second kappa shape index (κ2) is 5.58. The summed E-state index contributed by atoms with van der Waals surface area (Å²) in [6.45, 7) is 5.56. The Labute approximate surface area is 107 Å². The van der Waals surface area contributed by atoms with Crippen LogP contribution in [0.25, 0.3) is 11.4 Å². The zero-order valence-corrected chi connectivity index (χ0v) is 11.0. The molecule has 1 aromatic carbocycles. The average Bonchev–Trinajstić information content (AvgIpc) is 2.87. The third-order valence-corrected chi connectivity index (χ3v) is 2.78. The first-order valence-electron chi connectivity index (χ1n) is 6.12. The van der Waals surface area contributed by atoms with Crippen LogP contribution >= 0.6 is 0 Å². The first-order chi connectivity index (χ1) is 8.80. The van der Waals surface area contributed by atoms with Crippen molar-refractivity contribution in [1.29, 1.82) is 0 Å². The van der Waals surface area contributed by atoms with Crippen LogP contribution in [0.2, 0.25) is 0 Å². The quantitative estimate of drug-likeness (QED) is 0.813. The molecule has 2 rings (SSSR count). The monoisotopic (exact) mass is 246 g/mol. The van der Waals surface area contributed by atoms with E-state index in [0.29, 0.717) is 6.61 Å². The number of hydrogen-bond acceptors (Lipinski definition) is 3. The van der Waals surface area contributed by atoms with Crippen molar-refractivity contribution >= 4 is 0 Å². The standard InChI is InChI=1S/C14H18N2O2/c1-4-16-9-8-15-14(16)11-6-7-12(17-3)13(10-11)18-5-2/h6-10H,4-5H2,1-3H3. The van der Waals surface area contributed by atoms with E-state index in [9.17, 15) is 0 Å². The molecule has 0 radical (unpaired) electrons. The van der Waals surface area contributed by atoms with Gasteiger partial charge in [-0.15, -0.1) is 0 Å². The third-order valence-electron chi connectivity index (χ3n) is 2.78. The van der Waals surface area contributed by atoms with Crippen LogP contribution < -0.4 is 9.47 Å². The lowest BCUT2D eigenvalue weighted by Gasteiger charge is -2.11. The molecule has 0 N–H and O–H groups in total. The summed E-state index contributed by atoms with van der Waals surface area (Å²) in [5, 5.41) is 0. The number of benzene rings is 1. The molecule has 1 heterocycles. The zero-order valence-electron chi connectivity index (χ0n) is 11.0. The van der Waals surface area contributed by atoms with Crippen LogP contribution in [0.1, 0.15) is 13.8 Å². The predicted molar refractivity (Wildman–Crippen MR) is 71.1 cm³/mol. The van der Waals surface area contributed by atoms with Crippen molar-refractivity contribution in [2.75, 3.05) is 13.7 Å². The lowest BCUT2D eigenvalue weighted by Crippen LogP contribution is -1.99. The van der Waals surface area contributed by atoms with Crippen LogP contribution in [-0.4, -0.2) is 23.3 Å². The van der Waals surface area contributed by atoms with Gasteiger partial charge in [-0.1, -0.05) is 0 Å². The maximum atomic E-state index is 5.58. The van der Waals surface area contributed by atoms with Crippen LogP contribution in [0.3, 0.4) is 0 Å². The van der Waals surface area contributed by atoms with Crippen LogP contribution in [0.4, 0.5) is 0 Å². The van der Waals surface area contributed by atoms with Crippen molar-refractivity contribution in [3.63, 3.8) is 0 Å². The van der Waals surface area contributed by atoms with Gasteiger partial charge in [-0.25, -0.2) is 4.98 Å². The third kappa shape index (κ3) is 2.32. The summed E-state index contributed by atoms with van der Waals surface area (Å²) in [7, 11) is 1.64. The second-order valence-electron chi connectivity index (χ2n) is 3.84. The van der Waals surface area contributed by atoms with Gasteiger partial charge in [0.2, 0.25) is 0 Å². The Hall–Kier alpha value is -1.97. The van der Waals surface area contributed by atoms with Crippen LogP contribution in [-0.2, 0) is 6.54 Å². The molecular weight excluding hydrogens is 228 g/mol. The maximum absolute atomic E-state index is 5.58. The maximum Gasteiger partial charge on any atom is 0.161 e. The molecule has 0 unspecified atom stereocenters. The number of aromatic nitrogens is 2. The fourth-order valence-electron chi connectivity index (χ4n) is 1.91. The highest BCUT2D eigenvalue weighted by atomic mass is 16.5. The van der Waals surface area contributed by atoms with E-state index in [1.165, 1.54) is 0 Å². The molecule has 2 aromatic rings. The topological polar surface area (TPSA) is 36.3 Å². The first-order valence-corrected chi connectivity index (χ1v) is 6.12. The van der Waals surface area contributed by atoms with E-state index in [-0.39, 0.29) is 0 Å². The number of imidazole rings is 1. The number of rotatable bonds is 5. The summed E-state index contributed by atoms with van der Waals surface area (Å²) < 4.78 is 12.9. The molecule has 0 atom stereocenters.